The van der Waals surface area contributed by atoms with Gasteiger partial charge in [-0.3, -0.25) is 4.98 Å². The van der Waals surface area contributed by atoms with Crippen molar-refractivity contribution in [1.82, 2.24) is 4.98 Å². The Kier molecular flexibility index (Phi) is 7.24. The highest BCUT2D eigenvalue weighted by Crippen LogP contribution is 2.43. The Hall–Kier alpha value is -0.896. The number of pyridine rings is 1. The van der Waals surface area contributed by atoms with Crippen molar-refractivity contribution in [2.75, 3.05) is 23.7 Å². The Morgan fingerprint density at radius 3 is 2.00 bits per heavy atom. The molecule has 1 aliphatic heterocycles. The Balaban J connectivity index is 2.39. The second-order valence-corrected chi connectivity index (χ2v) is 21.6. The first kappa shape index (κ1) is 25.4. The number of nitrogens with two attached hydrogens (primary N) is 1. The first-order valence-corrected chi connectivity index (χ1v) is 17.1. The zero-order valence-electron chi connectivity index (χ0n) is 21.2. The lowest BCUT2D eigenvalue weighted by Crippen LogP contribution is -2.61. The lowest BCUT2D eigenvalue weighted by atomic mass is 9.94. The van der Waals surface area contributed by atoms with E-state index in [9.17, 15) is 0 Å². The fourth-order valence-electron chi connectivity index (χ4n) is 3.47. The van der Waals surface area contributed by atoms with Crippen LogP contribution in [0.25, 0.3) is 0 Å². The van der Waals surface area contributed by atoms with Crippen LogP contribution in [-0.2, 0) is 8.85 Å². The molecule has 0 bridgehead atoms. The van der Waals surface area contributed by atoms with Gasteiger partial charge in [0.2, 0.25) is 0 Å². The molecule has 1 aromatic heterocycles. The van der Waals surface area contributed by atoms with E-state index in [0.29, 0.717) is 5.92 Å². The summed E-state index contributed by atoms with van der Waals surface area (Å²) in [5.74, 6) is 0.343. The van der Waals surface area contributed by atoms with Crippen LogP contribution < -0.4 is 10.6 Å². The van der Waals surface area contributed by atoms with Crippen molar-refractivity contribution in [3.8, 4) is 0 Å². The summed E-state index contributed by atoms with van der Waals surface area (Å²) in [7, 11) is -3.89. The van der Waals surface area contributed by atoms with Gasteiger partial charge in [0.15, 0.2) is 16.6 Å². The highest BCUT2D eigenvalue weighted by molar-refractivity contribution is 6.74. The van der Waals surface area contributed by atoms with Crippen molar-refractivity contribution in [3.63, 3.8) is 0 Å². The molecule has 172 valence electrons. The molecule has 2 heterocycles. The van der Waals surface area contributed by atoms with Gasteiger partial charge in [-0.2, -0.15) is 0 Å². The third kappa shape index (κ3) is 5.47. The van der Waals surface area contributed by atoms with E-state index in [4.69, 9.17) is 14.6 Å². The number of anilines is 2. The van der Waals surface area contributed by atoms with Crippen LogP contribution in [0.2, 0.25) is 36.3 Å². The number of piperidine rings is 1. The molecule has 2 rings (SSSR count). The molecule has 0 aromatic carbocycles. The minimum atomic E-state index is -1.96. The minimum Gasteiger partial charge on any atom is -0.411 e. The molecule has 0 amide bonds. The lowest BCUT2D eigenvalue weighted by molar-refractivity contribution is -0.00594. The van der Waals surface area contributed by atoms with Gasteiger partial charge >= 0.3 is 0 Å². The average Bonchev–Trinajstić information content (AvgIpc) is 2.55. The van der Waals surface area contributed by atoms with Gasteiger partial charge in [0, 0.05) is 25.2 Å². The molecule has 0 radical (unpaired) electrons. The van der Waals surface area contributed by atoms with Crippen LogP contribution in [0.4, 0.5) is 11.4 Å². The van der Waals surface area contributed by atoms with Gasteiger partial charge in [-0.25, -0.2) is 0 Å². The van der Waals surface area contributed by atoms with Gasteiger partial charge in [-0.05, 0) is 42.3 Å². The van der Waals surface area contributed by atoms with E-state index in [1.54, 1.807) is 6.20 Å². The minimum absolute atomic E-state index is 0.0244. The van der Waals surface area contributed by atoms with Crippen molar-refractivity contribution in [2.24, 2.45) is 5.92 Å². The number of hydrogen-bond acceptors (Lipinski definition) is 5. The third-order valence-electron chi connectivity index (χ3n) is 7.49. The fraction of sp³-hybridized carbons (Fsp3) is 0.783. The zero-order chi connectivity index (χ0) is 23.1. The predicted octanol–water partition coefficient (Wildman–Crippen LogP) is 5.90. The summed E-state index contributed by atoms with van der Waals surface area (Å²) in [6, 6.07) is 2.01. The van der Waals surface area contributed by atoms with Gasteiger partial charge in [-0.15, -0.1) is 0 Å². The third-order valence-corrected chi connectivity index (χ3v) is 16.5. The lowest BCUT2D eigenvalue weighted by Gasteiger charge is -2.51. The molecule has 1 saturated heterocycles. The van der Waals surface area contributed by atoms with Gasteiger partial charge < -0.3 is 19.5 Å². The molecule has 5 nitrogen and oxygen atoms in total. The highest BCUT2D eigenvalue weighted by Gasteiger charge is 2.48. The average molecular weight is 452 g/mol. The van der Waals surface area contributed by atoms with Gasteiger partial charge in [-0.1, -0.05) is 48.5 Å². The van der Waals surface area contributed by atoms with Crippen molar-refractivity contribution in [3.05, 3.63) is 18.5 Å². The Bertz CT molecular complexity index is 726. The topological polar surface area (TPSA) is 60.6 Å². The van der Waals surface area contributed by atoms with Crippen LogP contribution in [0.3, 0.4) is 0 Å². The molecule has 1 aromatic rings. The molecule has 0 unspecified atom stereocenters. The first-order valence-electron chi connectivity index (χ1n) is 11.3. The summed E-state index contributed by atoms with van der Waals surface area (Å²) in [4.78, 5) is 6.53. The standard InChI is InChI=1S/C23H45N3O2Si2/c1-17-15-26(19-12-13-25-14-18(19)24)16-20(27-29(8,9)22(2,3)4)21(17)28-30(10,11)23(5,6)7/h12-14,17,20-21H,15-16,24H2,1-11H3/t17-,20-,21+/m0/s1. The molecule has 0 saturated carbocycles. The molecular weight excluding hydrogens is 406 g/mol. The second-order valence-electron chi connectivity index (χ2n) is 12.1. The van der Waals surface area contributed by atoms with E-state index in [-0.39, 0.29) is 22.3 Å². The number of aromatic nitrogens is 1. The van der Waals surface area contributed by atoms with Crippen molar-refractivity contribution in [2.45, 2.75) is 96.9 Å². The van der Waals surface area contributed by atoms with E-state index >= 15 is 0 Å². The Morgan fingerprint density at radius 2 is 1.50 bits per heavy atom. The van der Waals surface area contributed by atoms with Crippen LogP contribution in [-0.4, -0.2) is 46.9 Å². The second kappa shape index (κ2) is 8.56. The van der Waals surface area contributed by atoms with E-state index in [2.05, 4.69) is 84.5 Å². The fourth-order valence-corrected chi connectivity index (χ4v) is 6.20. The summed E-state index contributed by atoms with van der Waals surface area (Å²) in [5, 5.41) is 0.316. The van der Waals surface area contributed by atoms with Gasteiger partial charge in [0.25, 0.3) is 0 Å². The number of rotatable bonds is 5. The summed E-state index contributed by atoms with van der Waals surface area (Å²) in [6.45, 7) is 27.2. The predicted molar refractivity (Wildman–Crippen MR) is 134 cm³/mol. The maximum Gasteiger partial charge on any atom is 0.192 e. The number of hydrogen-bond donors (Lipinski definition) is 1. The zero-order valence-corrected chi connectivity index (χ0v) is 23.2. The molecule has 30 heavy (non-hydrogen) atoms. The number of nitrogen functional groups attached to an aromatic ring is 1. The van der Waals surface area contributed by atoms with Crippen molar-refractivity contribution in [1.29, 1.82) is 0 Å². The molecule has 3 atom stereocenters. The van der Waals surface area contributed by atoms with Gasteiger partial charge in [0.05, 0.1) is 29.8 Å². The van der Waals surface area contributed by atoms with Crippen molar-refractivity contribution >= 4 is 28.0 Å². The summed E-state index contributed by atoms with van der Waals surface area (Å²) < 4.78 is 14.0. The van der Waals surface area contributed by atoms with Crippen LogP contribution in [0.15, 0.2) is 18.5 Å². The van der Waals surface area contributed by atoms with E-state index in [1.807, 2.05) is 12.3 Å². The number of nitrogens with zero attached hydrogens (tertiary/aromatic N) is 2. The molecule has 1 fully saturated rings. The van der Waals surface area contributed by atoms with E-state index < -0.39 is 16.6 Å². The van der Waals surface area contributed by atoms with E-state index in [1.165, 1.54) is 0 Å². The largest absolute Gasteiger partial charge is 0.411 e. The molecule has 2 N–H and O–H groups in total. The Labute approximate surface area is 187 Å². The maximum absolute atomic E-state index is 7.01. The SMILES string of the molecule is C[C@H]1CN(c2ccncc2N)C[C@H](O[Si](C)(C)C(C)(C)C)[C@@H]1O[Si](C)(C)C(C)(C)C. The van der Waals surface area contributed by atoms with E-state index in [0.717, 1.165) is 24.5 Å². The van der Waals surface area contributed by atoms with Crippen LogP contribution in [0, 0.1) is 5.92 Å². The van der Waals surface area contributed by atoms with Crippen LogP contribution in [0.5, 0.6) is 0 Å². The summed E-state index contributed by atoms with van der Waals surface area (Å²) in [6.07, 6.45) is 3.68. The van der Waals surface area contributed by atoms with Crippen LogP contribution >= 0.6 is 0 Å². The summed E-state index contributed by atoms with van der Waals surface area (Å²) >= 11 is 0. The monoisotopic (exact) mass is 451 g/mol. The molecule has 0 spiro atoms. The summed E-state index contributed by atoms with van der Waals surface area (Å²) in [5.41, 5.74) is 8.04. The highest BCUT2D eigenvalue weighted by atomic mass is 28.4. The smallest absolute Gasteiger partial charge is 0.192 e. The molecule has 1 aliphatic rings. The molecule has 0 aliphatic carbocycles. The quantitative estimate of drug-likeness (QED) is 0.565. The van der Waals surface area contributed by atoms with Crippen LogP contribution in [0.1, 0.15) is 48.5 Å². The van der Waals surface area contributed by atoms with Gasteiger partial charge in [0.1, 0.15) is 0 Å². The molecule has 7 heteroatoms. The Morgan fingerprint density at radius 1 is 0.967 bits per heavy atom. The maximum atomic E-state index is 7.01. The van der Waals surface area contributed by atoms with Crippen molar-refractivity contribution < 1.29 is 8.85 Å². The first-order chi connectivity index (χ1) is 13.5. The normalized spacial score (nSPS) is 24.2. The molecular formula is C23H45N3O2Si2.